The fourth-order valence-electron chi connectivity index (χ4n) is 3.46. The van der Waals surface area contributed by atoms with Crippen molar-refractivity contribution in [2.24, 2.45) is 5.10 Å². The van der Waals surface area contributed by atoms with Crippen LogP contribution in [-0.2, 0) is 17.8 Å². The zero-order chi connectivity index (χ0) is 16.9. The van der Waals surface area contributed by atoms with Crippen LogP contribution in [-0.4, -0.2) is 17.6 Å². The molecule has 0 radical (unpaired) electrons. The van der Waals surface area contributed by atoms with E-state index in [4.69, 9.17) is 4.74 Å². The molecule has 2 aliphatic rings. The van der Waals surface area contributed by atoms with Crippen LogP contribution in [0.2, 0.25) is 0 Å². The number of amidine groups is 1. The largest absolute Gasteiger partial charge is 0.366 e. The molecule has 126 valence electrons. The molecule has 2 aliphatic heterocycles. The Balaban J connectivity index is 1.80. The summed E-state index contributed by atoms with van der Waals surface area (Å²) in [7, 11) is 0. The highest BCUT2D eigenvalue weighted by molar-refractivity contribution is 7.16. The Kier molecular flexibility index (Phi) is 3.66. The van der Waals surface area contributed by atoms with Gasteiger partial charge in [-0.3, -0.25) is 10.3 Å². The van der Waals surface area contributed by atoms with E-state index >= 15 is 0 Å². The van der Waals surface area contributed by atoms with E-state index in [2.05, 4.69) is 73.5 Å². The predicted molar refractivity (Wildman–Crippen MR) is 99.7 cm³/mol. The molecule has 3 heterocycles. The number of anilines is 1. The molecule has 5 heteroatoms. The molecule has 2 aromatic rings. The molecule has 1 atom stereocenters. The summed E-state index contributed by atoms with van der Waals surface area (Å²) in [6.45, 7) is 9.27. The number of aryl methyl sites for hydroxylation is 1. The summed E-state index contributed by atoms with van der Waals surface area (Å²) >= 11 is 1.86. The lowest BCUT2D eigenvalue weighted by atomic mass is 10.0. The van der Waals surface area contributed by atoms with E-state index in [1.54, 1.807) is 0 Å². The van der Waals surface area contributed by atoms with Crippen LogP contribution in [0.5, 0.6) is 0 Å². The molecule has 0 fully saturated rings. The van der Waals surface area contributed by atoms with Crippen molar-refractivity contribution in [3.63, 3.8) is 0 Å². The third-order valence-electron chi connectivity index (χ3n) is 4.80. The Bertz CT molecular complexity index is 794. The molecule has 0 saturated carbocycles. The number of benzene rings is 1. The summed E-state index contributed by atoms with van der Waals surface area (Å²) in [4.78, 5) is 3.69. The van der Waals surface area contributed by atoms with Gasteiger partial charge in [0.05, 0.1) is 6.61 Å². The lowest BCUT2D eigenvalue weighted by molar-refractivity contribution is 0.0977. The second-order valence-corrected chi connectivity index (χ2v) is 8.22. The number of nitrogens with zero attached hydrogens (tertiary/aromatic N) is 2. The second kappa shape index (κ2) is 5.60. The van der Waals surface area contributed by atoms with Crippen LogP contribution in [0.3, 0.4) is 0 Å². The zero-order valence-corrected chi connectivity index (χ0v) is 15.4. The van der Waals surface area contributed by atoms with Gasteiger partial charge in [-0.15, -0.1) is 11.3 Å². The molecule has 4 rings (SSSR count). The number of thiophene rings is 1. The van der Waals surface area contributed by atoms with Gasteiger partial charge in [-0.25, -0.2) is 0 Å². The van der Waals surface area contributed by atoms with Crippen molar-refractivity contribution in [1.29, 1.82) is 0 Å². The summed E-state index contributed by atoms with van der Waals surface area (Å²) in [6, 6.07) is 10.7. The van der Waals surface area contributed by atoms with Crippen molar-refractivity contribution in [2.75, 3.05) is 4.90 Å². The maximum Gasteiger partial charge on any atom is 0.160 e. The monoisotopic (exact) mass is 341 g/mol. The summed E-state index contributed by atoms with van der Waals surface area (Å²) < 4.78 is 6.12. The van der Waals surface area contributed by atoms with Crippen molar-refractivity contribution in [3.8, 4) is 0 Å². The van der Waals surface area contributed by atoms with Crippen molar-refractivity contribution < 1.29 is 4.74 Å². The molecule has 1 aromatic heterocycles. The number of fused-ring (bicyclic) bond motifs is 3. The normalized spacial score (nSPS) is 21.6. The van der Waals surface area contributed by atoms with Crippen LogP contribution >= 0.6 is 11.3 Å². The third kappa shape index (κ3) is 2.43. The summed E-state index contributed by atoms with van der Waals surface area (Å²) in [5.74, 6) is 0.978. The van der Waals surface area contributed by atoms with E-state index in [0.717, 1.165) is 12.3 Å². The van der Waals surface area contributed by atoms with Crippen molar-refractivity contribution in [3.05, 3.63) is 51.9 Å². The van der Waals surface area contributed by atoms with Gasteiger partial charge < -0.3 is 4.74 Å². The minimum atomic E-state index is -0.229. The SMILES string of the molecule is Cc1sc2c(c1Cc1ccccc1)CO[C@H](C)C1=NNC(C)(C)N12. The lowest BCUT2D eigenvalue weighted by Gasteiger charge is -2.32. The summed E-state index contributed by atoms with van der Waals surface area (Å²) in [5, 5.41) is 5.82. The van der Waals surface area contributed by atoms with Gasteiger partial charge >= 0.3 is 0 Å². The van der Waals surface area contributed by atoms with Crippen LogP contribution in [0.15, 0.2) is 35.4 Å². The Hall–Kier alpha value is -1.85. The first-order chi connectivity index (χ1) is 11.5. The topological polar surface area (TPSA) is 36.9 Å². The molecule has 4 nitrogen and oxygen atoms in total. The van der Waals surface area contributed by atoms with E-state index in [9.17, 15) is 0 Å². The first-order valence-electron chi connectivity index (χ1n) is 8.39. The summed E-state index contributed by atoms with van der Waals surface area (Å²) in [6.07, 6.45) is 0.938. The van der Waals surface area contributed by atoms with E-state index < -0.39 is 0 Å². The molecule has 0 saturated heterocycles. The molecule has 0 amide bonds. The minimum Gasteiger partial charge on any atom is -0.366 e. The molecular formula is C19H23N3OS. The Morgan fingerprint density at radius 3 is 2.83 bits per heavy atom. The molecule has 1 N–H and O–H groups in total. The van der Waals surface area contributed by atoms with Gasteiger partial charge in [0.2, 0.25) is 0 Å². The Labute approximate surface area is 147 Å². The maximum atomic E-state index is 6.12. The van der Waals surface area contributed by atoms with Gasteiger partial charge in [0.25, 0.3) is 0 Å². The number of hydrazone groups is 1. The fraction of sp³-hybridized carbons (Fsp3) is 0.421. The van der Waals surface area contributed by atoms with Crippen LogP contribution in [0.4, 0.5) is 5.00 Å². The Morgan fingerprint density at radius 2 is 2.08 bits per heavy atom. The van der Waals surface area contributed by atoms with Gasteiger partial charge in [-0.1, -0.05) is 30.3 Å². The maximum absolute atomic E-state index is 6.12. The number of hydrogen-bond acceptors (Lipinski definition) is 5. The third-order valence-corrected chi connectivity index (χ3v) is 5.97. The number of ether oxygens (including phenoxy) is 1. The summed E-state index contributed by atoms with van der Waals surface area (Å²) in [5.41, 5.74) is 7.08. The highest BCUT2D eigenvalue weighted by Crippen LogP contribution is 2.43. The Morgan fingerprint density at radius 1 is 1.33 bits per heavy atom. The van der Waals surface area contributed by atoms with Crippen LogP contribution in [0.1, 0.15) is 42.3 Å². The van der Waals surface area contributed by atoms with Crippen molar-refractivity contribution in [1.82, 2.24) is 5.43 Å². The molecule has 0 spiro atoms. The molecular weight excluding hydrogens is 318 g/mol. The van der Waals surface area contributed by atoms with E-state index in [-0.39, 0.29) is 11.8 Å². The molecule has 1 aromatic carbocycles. The first-order valence-corrected chi connectivity index (χ1v) is 9.20. The predicted octanol–water partition coefficient (Wildman–Crippen LogP) is 4.03. The van der Waals surface area contributed by atoms with Crippen molar-refractivity contribution >= 4 is 22.2 Å². The van der Waals surface area contributed by atoms with Gasteiger partial charge in [-0.05, 0) is 45.2 Å². The van der Waals surface area contributed by atoms with Crippen LogP contribution in [0, 0.1) is 6.92 Å². The highest BCUT2D eigenvalue weighted by Gasteiger charge is 2.42. The quantitative estimate of drug-likeness (QED) is 0.896. The molecule has 0 aliphatic carbocycles. The van der Waals surface area contributed by atoms with Crippen LogP contribution < -0.4 is 10.3 Å². The standard InChI is InChI=1S/C19H23N3OS/c1-12-17-20-21-19(3,4)22(17)18-16(11-23-12)15(13(2)24-18)10-14-8-6-5-7-9-14/h5-9,12,21H,10-11H2,1-4H3/t12-/m1/s1. The number of nitrogens with one attached hydrogen (secondary N) is 1. The number of hydrogen-bond donors (Lipinski definition) is 1. The van der Waals surface area contributed by atoms with Gasteiger partial charge in [0, 0.05) is 10.4 Å². The average molecular weight is 341 g/mol. The molecule has 0 bridgehead atoms. The smallest absolute Gasteiger partial charge is 0.160 e. The van der Waals surface area contributed by atoms with E-state index in [1.165, 1.54) is 26.6 Å². The van der Waals surface area contributed by atoms with Crippen molar-refractivity contribution in [2.45, 2.75) is 52.5 Å². The second-order valence-electron chi connectivity index (χ2n) is 7.01. The lowest BCUT2D eigenvalue weighted by Crippen LogP contribution is -2.51. The number of rotatable bonds is 2. The van der Waals surface area contributed by atoms with Gasteiger partial charge in [0.1, 0.15) is 16.8 Å². The van der Waals surface area contributed by atoms with Gasteiger partial charge in [0.15, 0.2) is 5.84 Å². The molecule has 0 unspecified atom stereocenters. The minimum absolute atomic E-state index is 0.0104. The van der Waals surface area contributed by atoms with Gasteiger partial charge in [-0.2, -0.15) is 5.10 Å². The zero-order valence-electron chi connectivity index (χ0n) is 14.6. The van der Waals surface area contributed by atoms with E-state index in [1.807, 2.05) is 11.3 Å². The van der Waals surface area contributed by atoms with Crippen LogP contribution in [0.25, 0.3) is 0 Å². The fourth-order valence-corrected chi connectivity index (χ4v) is 4.79. The highest BCUT2D eigenvalue weighted by atomic mass is 32.1. The van der Waals surface area contributed by atoms with E-state index in [0.29, 0.717) is 6.61 Å². The average Bonchev–Trinajstić information content (AvgIpc) is 2.97. The molecule has 24 heavy (non-hydrogen) atoms. The first kappa shape index (κ1) is 15.7.